The fourth-order valence-electron chi connectivity index (χ4n) is 4.28. The van der Waals surface area contributed by atoms with Gasteiger partial charge >= 0.3 is 5.97 Å². The van der Waals surface area contributed by atoms with Crippen LogP contribution in [0.1, 0.15) is 19.4 Å². The van der Waals surface area contributed by atoms with Gasteiger partial charge in [-0.25, -0.2) is 9.78 Å². The molecule has 0 unspecified atom stereocenters. The highest BCUT2D eigenvalue weighted by Crippen LogP contribution is 2.36. The van der Waals surface area contributed by atoms with Crippen molar-refractivity contribution in [1.29, 1.82) is 0 Å². The van der Waals surface area contributed by atoms with Crippen molar-refractivity contribution in [3.05, 3.63) is 81.1 Å². The summed E-state index contributed by atoms with van der Waals surface area (Å²) < 4.78 is 30.0. The predicted molar refractivity (Wildman–Crippen MR) is 158 cm³/mol. The minimum atomic E-state index is -0.927. The van der Waals surface area contributed by atoms with E-state index in [1.165, 1.54) is 18.0 Å². The summed E-state index contributed by atoms with van der Waals surface area (Å²) in [6.45, 7) is 3.51. The Bertz CT molecular complexity index is 1840. The number of benzene rings is 3. The molecule has 11 heteroatoms. The molecule has 0 radical (unpaired) electrons. The van der Waals surface area contributed by atoms with E-state index in [1.54, 1.807) is 69.5 Å². The van der Waals surface area contributed by atoms with Crippen LogP contribution in [0.5, 0.6) is 17.2 Å². The van der Waals surface area contributed by atoms with Crippen LogP contribution in [0.3, 0.4) is 0 Å². The minimum Gasteiger partial charge on any atom is -0.496 e. The van der Waals surface area contributed by atoms with Crippen LogP contribution in [0.4, 0.5) is 0 Å². The molecule has 0 N–H and O–H groups in total. The molecule has 3 aromatic carbocycles. The van der Waals surface area contributed by atoms with E-state index >= 15 is 0 Å². The van der Waals surface area contributed by atoms with E-state index in [2.05, 4.69) is 21.0 Å². The lowest BCUT2D eigenvalue weighted by molar-refractivity contribution is -0.150. The monoisotopic (exact) mass is 619 g/mol. The van der Waals surface area contributed by atoms with Crippen molar-refractivity contribution < 1.29 is 28.2 Å². The van der Waals surface area contributed by atoms with Crippen LogP contribution in [0, 0.1) is 0 Å². The molecule has 0 aliphatic rings. The van der Waals surface area contributed by atoms with Crippen LogP contribution in [-0.2, 0) is 9.53 Å². The van der Waals surface area contributed by atoms with E-state index in [0.29, 0.717) is 43.8 Å². The van der Waals surface area contributed by atoms with Crippen molar-refractivity contribution in [3.63, 3.8) is 0 Å². The molecule has 0 spiro atoms. The molecule has 2 heterocycles. The number of hydrogen-bond donors (Lipinski definition) is 0. The van der Waals surface area contributed by atoms with Crippen molar-refractivity contribution in [2.45, 2.75) is 20.0 Å². The predicted octanol–water partition coefficient (Wildman–Crippen LogP) is 5.80. The fourth-order valence-corrected chi connectivity index (χ4v) is 4.73. The Morgan fingerprint density at radius 3 is 2.61 bits per heavy atom. The Balaban J connectivity index is 1.68. The van der Waals surface area contributed by atoms with Gasteiger partial charge in [-0.1, -0.05) is 34.1 Å². The highest BCUT2D eigenvalue weighted by Gasteiger charge is 2.22. The molecule has 10 nitrogen and oxygen atoms in total. The van der Waals surface area contributed by atoms with Crippen molar-refractivity contribution in [2.24, 2.45) is 5.10 Å². The van der Waals surface area contributed by atoms with Crippen LogP contribution in [0.15, 0.2) is 79.4 Å². The van der Waals surface area contributed by atoms with Crippen LogP contribution in [0.25, 0.3) is 33.5 Å². The minimum absolute atomic E-state index is 0.188. The number of para-hydroxylation sites is 1. The average molecular weight is 620 g/mol. The lowest BCUT2D eigenvalue weighted by Crippen LogP contribution is -2.26. The number of nitrogens with zero attached hydrogens (tertiary/aromatic N) is 3. The van der Waals surface area contributed by atoms with E-state index < -0.39 is 17.6 Å². The van der Waals surface area contributed by atoms with Crippen LogP contribution >= 0.6 is 15.9 Å². The number of halogens is 1. The van der Waals surface area contributed by atoms with Gasteiger partial charge in [0.1, 0.15) is 11.3 Å². The Morgan fingerprint density at radius 2 is 1.85 bits per heavy atom. The summed E-state index contributed by atoms with van der Waals surface area (Å²) in [6, 6.07) is 17.6. The first-order chi connectivity index (χ1) is 19.8. The SMILES string of the molecule is CCOC(=O)[C@H](C)Oc1c(C=Nn2c(-c3cc4c(OC)cccc4o3)nc3ccccc3c2=O)cc(Br)cc1OC. The highest BCUT2D eigenvalue weighted by atomic mass is 79.9. The van der Waals surface area contributed by atoms with Gasteiger partial charge in [-0.05, 0) is 56.3 Å². The number of fused-ring (bicyclic) bond motifs is 2. The number of furan rings is 1. The number of hydrogen-bond acceptors (Lipinski definition) is 9. The molecule has 0 fully saturated rings. The summed E-state index contributed by atoms with van der Waals surface area (Å²) in [5.74, 6) is 1.20. The number of carbonyl (C=O) groups is 1. The topological polar surface area (TPSA) is 114 Å². The number of carbonyl (C=O) groups excluding carboxylic acids is 1. The maximum atomic E-state index is 13.7. The van der Waals surface area contributed by atoms with Crippen molar-refractivity contribution >= 4 is 50.0 Å². The summed E-state index contributed by atoms with van der Waals surface area (Å²) in [4.78, 5) is 30.7. The van der Waals surface area contributed by atoms with E-state index in [0.717, 1.165) is 5.39 Å². The second-order valence-electron chi connectivity index (χ2n) is 8.84. The Hall–Kier alpha value is -4.64. The number of aromatic nitrogens is 2. The third-order valence-electron chi connectivity index (χ3n) is 6.21. The number of methoxy groups -OCH3 is 2. The molecular weight excluding hydrogens is 594 g/mol. The molecule has 0 aliphatic heterocycles. The zero-order valence-corrected chi connectivity index (χ0v) is 24.3. The molecule has 5 aromatic rings. The molecule has 5 rings (SSSR count). The second-order valence-corrected chi connectivity index (χ2v) is 9.75. The Kier molecular flexibility index (Phi) is 8.06. The smallest absolute Gasteiger partial charge is 0.347 e. The van der Waals surface area contributed by atoms with Crippen molar-refractivity contribution in [2.75, 3.05) is 20.8 Å². The second kappa shape index (κ2) is 11.8. The summed E-state index contributed by atoms with van der Waals surface area (Å²) in [5, 5.41) is 5.64. The quantitative estimate of drug-likeness (QED) is 0.150. The van der Waals surface area contributed by atoms with Gasteiger partial charge in [-0.15, -0.1) is 0 Å². The maximum absolute atomic E-state index is 13.7. The maximum Gasteiger partial charge on any atom is 0.347 e. The van der Waals surface area contributed by atoms with Gasteiger partial charge in [0.15, 0.2) is 23.4 Å². The van der Waals surface area contributed by atoms with Gasteiger partial charge in [0.25, 0.3) is 5.56 Å². The molecule has 1 atom stereocenters. The van der Waals surface area contributed by atoms with E-state index in [9.17, 15) is 9.59 Å². The van der Waals surface area contributed by atoms with Gasteiger partial charge in [-0.3, -0.25) is 4.79 Å². The molecule has 41 heavy (non-hydrogen) atoms. The highest BCUT2D eigenvalue weighted by molar-refractivity contribution is 9.10. The van der Waals surface area contributed by atoms with Crippen LogP contribution in [-0.4, -0.2) is 48.8 Å². The summed E-state index contributed by atoms with van der Waals surface area (Å²) in [5.41, 5.74) is 1.09. The van der Waals surface area contributed by atoms with E-state index in [1.807, 2.05) is 12.1 Å². The summed E-state index contributed by atoms with van der Waals surface area (Å²) >= 11 is 3.47. The number of esters is 1. The molecule has 210 valence electrons. The van der Waals surface area contributed by atoms with Gasteiger partial charge < -0.3 is 23.4 Å². The number of rotatable bonds is 9. The van der Waals surface area contributed by atoms with E-state index in [4.69, 9.17) is 28.3 Å². The van der Waals surface area contributed by atoms with Crippen molar-refractivity contribution in [3.8, 4) is 28.8 Å². The standard InChI is InChI=1S/C30H26BrN3O7/c1-5-39-30(36)17(2)40-27-18(13-19(31)14-25(27)38-4)16-32-34-28(33-22-10-7-6-9-20(22)29(34)35)26-15-21-23(37-3)11-8-12-24(21)41-26/h6-17H,5H2,1-4H3/t17-/m0/s1. The zero-order chi connectivity index (χ0) is 29.1. The van der Waals surface area contributed by atoms with Gasteiger partial charge in [-0.2, -0.15) is 9.78 Å². The Labute approximate surface area is 243 Å². The van der Waals surface area contributed by atoms with Crippen LogP contribution < -0.4 is 19.8 Å². The molecule has 0 saturated heterocycles. The first-order valence-electron chi connectivity index (χ1n) is 12.7. The van der Waals surface area contributed by atoms with Gasteiger partial charge in [0, 0.05) is 10.0 Å². The third kappa shape index (κ3) is 5.53. The number of ether oxygens (including phenoxy) is 4. The van der Waals surface area contributed by atoms with E-state index in [-0.39, 0.29) is 18.2 Å². The molecule has 0 aliphatic carbocycles. The largest absolute Gasteiger partial charge is 0.496 e. The summed E-state index contributed by atoms with van der Waals surface area (Å²) in [6.07, 6.45) is 0.508. The van der Waals surface area contributed by atoms with Gasteiger partial charge in [0.05, 0.1) is 43.3 Å². The van der Waals surface area contributed by atoms with Gasteiger partial charge in [0.2, 0.25) is 5.82 Å². The van der Waals surface area contributed by atoms with Crippen molar-refractivity contribution in [1.82, 2.24) is 9.66 Å². The molecule has 0 bridgehead atoms. The molecule has 0 amide bonds. The third-order valence-corrected chi connectivity index (χ3v) is 6.67. The normalized spacial score (nSPS) is 12.1. The molecule has 2 aromatic heterocycles. The fraction of sp³-hybridized carbons (Fsp3) is 0.200. The summed E-state index contributed by atoms with van der Waals surface area (Å²) in [7, 11) is 3.06. The first kappa shape index (κ1) is 27.9. The lowest BCUT2D eigenvalue weighted by Gasteiger charge is -2.18. The average Bonchev–Trinajstić information content (AvgIpc) is 3.42. The lowest BCUT2D eigenvalue weighted by atomic mass is 10.2. The zero-order valence-electron chi connectivity index (χ0n) is 22.7. The molecular formula is C30H26BrN3O7. The first-order valence-corrected chi connectivity index (χ1v) is 13.5. The van der Waals surface area contributed by atoms with Crippen LogP contribution in [0.2, 0.25) is 0 Å². The Morgan fingerprint density at radius 1 is 1.07 bits per heavy atom. The molecule has 0 saturated carbocycles.